The Hall–Kier alpha value is -3.07. The third-order valence-electron chi connectivity index (χ3n) is 6.47. The van der Waals surface area contributed by atoms with Crippen molar-refractivity contribution in [1.29, 1.82) is 0 Å². The molecule has 3 heteroatoms. The van der Waals surface area contributed by atoms with Crippen LogP contribution in [0.3, 0.4) is 0 Å². The highest BCUT2D eigenvalue weighted by molar-refractivity contribution is 6.07. The number of carbonyl (C=O) groups excluding carboxylic acids is 1. The summed E-state index contributed by atoms with van der Waals surface area (Å²) in [5.41, 5.74) is 5.35. The van der Waals surface area contributed by atoms with Crippen molar-refractivity contribution in [1.82, 2.24) is 0 Å². The van der Waals surface area contributed by atoms with Crippen LogP contribution >= 0.6 is 0 Å². The number of benzene rings is 3. The lowest BCUT2D eigenvalue weighted by Gasteiger charge is -2.45. The maximum Gasteiger partial charge on any atom is 0.258 e. The number of nitrogens with one attached hydrogen (secondary N) is 1. The standard InChI is InChI=1S/C28H32N2O/c1-4-11-21-16-18-22(19-17-21)28(31)30-25(5-2)20(3)27(24-14-9-10-15-26(24)30)29-23-12-7-6-8-13-23/h6-10,12-20,25,27,29H,4-5,11H2,1-3H3/t20-,25+,27-/m1/s1. The van der Waals surface area contributed by atoms with E-state index >= 15 is 0 Å². The predicted octanol–water partition coefficient (Wildman–Crippen LogP) is 6.87. The number of rotatable bonds is 6. The van der Waals surface area contributed by atoms with Crippen LogP contribution in [0.4, 0.5) is 11.4 Å². The first-order chi connectivity index (χ1) is 15.1. The van der Waals surface area contributed by atoms with Gasteiger partial charge in [0, 0.05) is 28.9 Å². The molecule has 0 fully saturated rings. The van der Waals surface area contributed by atoms with E-state index in [1.54, 1.807) is 0 Å². The minimum absolute atomic E-state index is 0.0901. The summed E-state index contributed by atoms with van der Waals surface area (Å²) < 4.78 is 0. The lowest BCUT2D eigenvalue weighted by atomic mass is 9.80. The van der Waals surface area contributed by atoms with Crippen molar-refractivity contribution < 1.29 is 4.79 Å². The van der Waals surface area contributed by atoms with Crippen molar-refractivity contribution in [3.05, 3.63) is 95.6 Å². The van der Waals surface area contributed by atoms with Gasteiger partial charge in [-0.1, -0.05) is 75.7 Å². The zero-order valence-electron chi connectivity index (χ0n) is 18.7. The molecule has 0 aromatic heterocycles. The molecule has 3 aromatic carbocycles. The number of para-hydroxylation sites is 2. The first kappa shape index (κ1) is 21.2. The number of hydrogen-bond donors (Lipinski definition) is 1. The van der Waals surface area contributed by atoms with Crippen LogP contribution in [0.2, 0.25) is 0 Å². The molecule has 1 aliphatic heterocycles. The summed E-state index contributed by atoms with van der Waals surface area (Å²) in [6.45, 7) is 6.62. The highest BCUT2D eigenvalue weighted by atomic mass is 16.2. The molecule has 4 rings (SSSR count). The Kier molecular flexibility index (Phi) is 6.41. The molecule has 3 nitrogen and oxygen atoms in total. The summed E-state index contributed by atoms with van der Waals surface area (Å²) in [7, 11) is 0. The first-order valence-electron chi connectivity index (χ1n) is 11.5. The Bertz CT molecular complexity index is 1010. The second-order valence-corrected chi connectivity index (χ2v) is 8.50. The third kappa shape index (κ3) is 4.23. The molecule has 1 N–H and O–H groups in total. The molecule has 0 saturated carbocycles. The topological polar surface area (TPSA) is 32.3 Å². The van der Waals surface area contributed by atoms with Gasteiger partial charge in [-0.2, -0.15) is 0 Å². The van der Waals surface area contributed by atoms with Gasteiger partial charge in [0.25, 0.3) is 5.91 Å². The van der Waals surface area contributed by atoms with Gasteiger partial charge in [0.2, 0.25) is 0 Å². The van der Waals surface area contributed by atoms with E-state index in [2.05, 4.69) is 80.7 Å². The fourth-order valence-electron chi connectivity index (χ4n) is 4.87. The predicted molar refractivity (Wildman–Crippen MR) is 130 cm³/mol. The third-order valence-corrected chi connectivity index (χ3v) is 6.47. The molecular formula is C28H32N2O. The summed E-state index contributed by atoms with van der Waals surface area (Å²) in [6.07, 6.45) is 3.06. The van der Waals surface area contributed by atoms with E-state index in [-0.39, 0.29) is 23.9 Å². The van der Waals surface area contributed by atoms with Gasteiger partial charge >= 0.3 is 0 Å². The van der Waals surface area contributed by atoms with Crippen LogP contribution < -0.4 is 10.2 Å². The van der Waals surface area contributed by atoms with Gasteiger partial charge in [0.1, 0.15) is 0 Å². The maximum absolute atomic E-state index is 13.7. The molecule has 0 radical (unpaired) electrons. The van der Waals surface area contributed by atoms with Crippen molar-refractivity contribution in [3.63, 3.8) is 0 Å². The number of hydrogen-bond acceptors (Lipinski definition) is 2. The fourth-order valence-corrected chi connectivity index (χ4v) is 4.87. The monoisotopic (exact) mass is 412 g/mol. The molecule has 0 unspecified atom stereocenters. The molecule has 3 aromatic rings. The van der Waals surface area contributed by atoms with E-state index in [0.717, 1.165) is 36.2 Å². The molecule has 3 atom stereocenters. The average Bonchev–Trinajstić information content (AvgIpc) is 2.81. The Morgan fingerprint density at radius 3 is 2.26 bits per heavy atom. The van der Waals surface area contributed by atoms with Gasteiger partial charge in [-0.3, -0.25) is 4.79 Å². The van der Waals surface area contributed by atoms with Crippen molar-refractivity contribution >= 4 is 17.3 Å². The molecular weight excluding hydrogens is 380 g/mol. The second kappa shape index (κ2) is 9.38. The number of fused-ring (bicyclic) bond motifs is 1. The normalized spacial score (nSPS) is 20.2. The van der Waals surface area contributed by atoms with Crippen LogP contribution in [0, 0.1) is 5.92 Å². The fraction of sp³-hybridized carbons (Fsp3) is 0.321. The zero-order chi connectivity index (χ0) is 21.8. The Balaban J connectivity index is 1.71. The number of carbonyl (C=O) groups is 1. The van der Waals surface area contributed by atoms with Crippen molar-refractivity contribution in [2.24, 2.45) is 5.92 Å². The minimum Gasteiger partial charge on any atom is -0.378 e. The summed E-state index contributed by atoms with van der Waals surface area (Å²) in [5, 5.41) is 3.73. The highest BCUT2D eigenvalue weighted by Crippen LogP contribution is 2.43. The number of nitrogens with zero attached hydrogens (tertiary/aromatic N) is 1. The van der Waals surface area contributed by atoms with Crippen molar-refractivity contribution in [3.8, 4) is 0 Å². The summed E-state index contributed by atoms with van der Waals surface area (Å²) >= 11 is 0. The van der Waals surface area contributed by atoms with E-state index in [0.29, 0.717) is 0 Å². The Labute approximate surface area is 186 Å². The number of amides is 1. The minimum atomic E-state index is 0.0901. The summed E-state index contributed by atoms with van der Waals surface area (Å²) in [6, 6.07) is 27.1. The van der Waals surface area contributed by atoms with Gasteiger partial charge in [-0.05, 0) is 54.3 Å². The second-order valence-electron chi connectivity index (χ2n) is 8.50. The van der Waals surface area contributed by atoms with E-state index in [4.69, 9.17) is 0 Å². The zero-order valence-corrected chi connectivity index (χ0v) is 18.7. The average molecular weight is 413 g/mol. The molecule has 0 saturated heterocycles. The van der Waals surface area contributed by atoms with Crippen LogP contribution in [0.15, 0.2) is 78.9 Å². The van der Waals surface area contributed by atoms with E-state index in [1.165, 1.54) is 11.1 Å². The van der Waals surface area contributed by atoms with Crippen LogP contribution in [-0.2, 0) is 6.42 Å². The maximum atomic E-state index is 13.7. The van der Waals surface area contributed by atoms with Crippen LogP contribution in [0.5, 0.6) is 0 Å². The number of anilines is 2. The Morgan fingerprint density at radius 1 is 0.903 bits per heavy atom. The quantitative estimate of drug-likeness (QED) is 0.479. The first-order valence-corrected chi connectivity index (χ1v) is 11.5. The van der Waals surface area contributed by atoms with E-state index in [1.807, 2.05) is 29.2 Å². The molecule has 1 heterocycles. The molecule has 31 heavy (non-hydrogen) atoms. The molecule has 160 valence electrons. The van der Waals surface area contributed by atoms with E-state index in [9.17, 15) is 4.79 Å². The molecule has 0 aliphatic carbocycles. The van der Waals surface area contributed by atoms with Gasteiger partial charge < -0.3 is 10.2 Å². The highest BCUT2D eigenvalue weighted by Gasteiger charge is 2.40. The lowest BCUT2D eigenvalue weighted by molar-refractivity contribution is 0.0960. The SMILES string of the molecule is CCCc1ccc(C(=O)N2c3ccccc3[C@H](Nc3ccccc3)[C@H](C)[C@@H]2CC)cc1. The molecule has 1 aliphatic rings. The van der Waals surface area contributed by atoms with Crippen LogP contribution in [0.1, 0.15) is 61.1 Å². The largest absolute Gasteiger partial charge is 0.378 e. The van der Waals surface area contributed by atoms with Gasteiger partial charge in [-0.25, -0.2) is 0 Å². The Morgan fingerprint density at radius 2 is 1.58 bits per heavy atom. The smallest absolute Gasteiger partial charge is 0.258 e. The van der Waals surface area contributed by atoms with Crippen LogP contribution in [0.25, 0.3) is 0 Å². The van der Waals surface area contributed by atoms with E-state index < -0.39 is 0 Å². The lowest BCUT2D eigenvalue weighted by Crippen LogP contribution is -2.50. The molecule has 1 amide bonds. The van der Waals surface area contributed by atoms with Gasteiger partial charge in [0.05, 0.1) is 6.04 Å². The van der Waals surface area contributed by atoms with Crippen molar-refractivity contribution in [2.45, 2.75) is 52.1 Å². The van der Waals surface area contributed by atoms with Crippen molar-refractivity contribution in [2.75, 3.05) is 10.2 Å². The molecule has 0 spiro atoms. The van der Waals surface area contributed by atoms with Crippen LogP contribution in [-0.4, -0.2) is 11.9 Å². The van der Waals surface area contributed by atoms with Gasteiger partial charge in [-0.15, -0.1) is 0 Å². The van der Waals surface area contributed by atoms with Gasteiger partial charge in [0.15, 0.2) is 0 Å². The summed E-state index contributed by atoms with van der Waals surface area (Å²) in [4.78, 5) is 15.8. The summed E-state index contributed by atoms with van der Waals surface area (Å²) in [5.74, 6) is 0.357. The molecule has 0 bridgehead atoms. The number of aryl methyl sites for hydroxylation is 1.